The number of ether oxygens (including phenoxy) is 4. The zero-order chi connectivity index (χ0) is 18.9. The zero-order valence-corrected chi connectivity index (χ0v) is 14.5. The van der Waals surface area contributed by atoms with Gasteiger partial charge in [-0.2, -0.15) is 0 Å². The average molecular weight is 360 g/mol. The predicted octanol–water partition coefficient (Wildman–Crippen LogP) is 3.14. The standard InChI is InChI=1S/C19H20O7/c1-23-11-25-14-8-16(21)19(18(9-14)26-12-24-2)17(22)10-15(20)13-6-4-3-5-7-13/h3-10,20-21H,11-12H2,1-2H3/b15-10-. The van der Waals surface area contributed by atoms with Gasteiger partial charge in [0.2, 0.25) is 0 Å². The monoisotopic (exact) mass is 360 g/mol. The normalized spacial score (nSPS) is 11.2. The van der Waals surface area contributed by atoms with E-state index in [1.54, 1.807) is 30.3 Å². The molecule has 7 heteroatoms. The van der Waals surface area contributed by atoms with Gasteiger partial charge in [-0.05, 0) is 0 Å². The van der Waals surface area contributed by atoms with Crippen molar-refractivity contribution in [2.45, 2.75) is 0 Å². The minimum Gasteiger partial charge on any atom is -0.507 e. The van der Waals surface area contributed by atoms with Crippen LogP contribution in [0.2, 0.25) is 0 Å². The van der Waals surface area contributed by atoms with Crippen molar-refractivity contribution in [3.05, 3.63) is 59.7 Å². The Morgan fingerprint density at radius 3 is 2.35 bits per heavy atom. The van der Waals surface area contributed by atoms with Crippen molar-refractivity contribution in [1.29, 1.82) is 0 Å². The smallest absolute Gasteiger partial charge is 0.197 e. The fourth-order valence-corrected chi connectivity index (χ4v) is 2.16. The summed E-state index contributed by atoms with van der Waals surface area (Å²) < 4.78 is 20.3. The molecular formula is C19H20O7. The van der Waals surface area contributed by atoms with Gasteiger partial charge in [0.05, 0.1) is 0 Å². The number of aliphatic hydroxyl groups is 1. The minimum atomic E-state index is -0.631. The Morgan fingerprint density at radius 2 is 1.69 bits per heavy atom. The number of allylic oxidation sites excluding steroid dienone is 1. The number of aliphatic hydroxyl groups excluding tert-OH is 1. The molecule has 0 saturated heterocycles. The number of hydrogen-bond donors (Lipinski definition) is 2. The molecule has 0 radical (unpaired) electrons. The summed E-state index contributed by atoms with van der Waals surface area (Å²) >= 11 is 0. The molecule has 26 heavy (non-hydrogen) atoms. The number of benzene rings is 2. The fourth-order valence-electron chi connectivity index (χ4n) is 2.16. The molecule has 0 aliphatic carbocycles. The third-order valence-corrected chi connectivity index (χ3v) is 3.31. The van der Waals surface area contributed by atoms with Gasteiger partial charge < -0.3 is 29.2 Å². The Labute approximate surface area is 151 Å². The first-order valence-electron chi connectivity index (χ1n) is 7.67. The third kappa shape index (κ3) is 4.98. The van der Waals surface area contributed by atoms with Crippen LogP contribution in [0.5, 0.6) is 17.2 Å². The lowest BCUT2D eigenvalue weighted by Crippen LogP contribution is -2.07. The topological polar surface area (TPSA) is 94.5 Å². The number of rotatable bonds is 9. The Balaban J connectivity index is 2.37. The van der Waals surface area contributed by atoms with Crippen LogP contribution >= 0.6 is 0 Å². The molecule has 0 atom stereocenters. The van der Waals surface area contributed by atoms with E-state index in [1.165, 1.54) is 26.4 Å². The number of phenols is 1. The van der Waals surface area contributed by atoms with Crippen LogP contribution in [0.1, 0.15) is 15.9 Å². The van der Waals surface area contributed by atoms with E-state index in [1.807, 2.05) is 0 Å². The lowest BCUT2D eigenvalue weighted by Gasteiger charge is -2.13. The van der Waals surface area contributed by atoms with E-state index in [0.29, 0.717) is 5.56 Å². The number of ketones is 1. The molecule has 0 aliphatic rings. The van der Waals surface area contributed by atoms with Gasteiger partial charge in [0.25, 0.3) is 0 Å². The van der Waals surface area contributed by atoms with E-state index >= 15 is 0 Å². The number of methoxy groups -OCH3 is 2. The maximum atomic E-state index is 12.6. The van der Waals surface area contributed by atoms with Crippen molar-refractivity contribution >= 4 is 11.5 Å². The van der Waals surface area contributed by atoms with Gasteiger partial charge in [0.15, 0.2) is 19.4 Å². The van der Waals surface area contributed by atoms with E-state index in [2.05, 4.69) is 0 Å². The number of aromatic hydroxyl groups is 1. The summed E-state index contributed by atoms with van der Waals surface area (Å²) in [7, 11) is 2.88. The Kier molecular flexibility index (Phi) is 7.02. The van der Waals surface area contributed by atoms with Crippen LogP contribution in [0.3, 0.4) is 0 Å². The fraction of sp³-hybridized carbons (Fsp3) is 0.211. The molecular weight excluding hydrogens is 340 g/mol. The summed E-state index contributed by atoms with van der Waals surface area (Å²) in [5.74, 6) is -0.907. The van der Waals surface area contributed by atoms with Crippen LogP contribution in [0.15, 0.2) is 48.5 Å². The Morgan fingerprint density at radius 1 is 1.04 bits per heavy atom. The van der Waals surface area contributed by atoms with Crippen molar-refractivity contribution in [1.82, 2.24) is 0 Å². The summed E-state index contributed by atoms with van der Waals surface area (Å²) in [6.07, 6.45) is 1.01. The predicted molar refractivity (Wildman–Crippen MR) is 94.5 cm³/mol. The summed E-state index contributed by atoms with van der Waals surface area (Å²) in [6.45, 7) is -0.174. The minimum absolute atomic E-state index is 0.0366. The van der Waals surface area contributed by atoms with E-state index in [4.69, 9.17) is 18.9 Å². The second-order valence-electron chi connectivity index (χ2n) is 5.18. The molecule has 2 aromatic carbocycles. The zero-order valence-electron chi connectivity index (χ0n) is 14.5. The number of carbonyl (C=O) groups excluding carboxylic acids is 1. The lowest BCUT2D eigenvalue weighted by molar-refractivity contribution is 0.0453. The molecule has 0 aromatic heterocycles. The highest BCUT2D eigenvalue weighted by Gasteiger charge is 2.19. The first-order valence-corrected chi connectivity index (χ1v) is 7.67. The molecule has 0 fully saturated rings. The van der Waals surface area contributed by atoms with Crippen molar-refractivity contribution in [3.8, 4) is 17.2 Å². The molecule has 0 amide bonds. The van der Waals surface area contributed by atoms with E-state index in [-0.39, 0.29) is 42.2 Å². The van der Waals surface area contributed by atoms with Gasteiger partial charge >= 0.3 is 0 Å². The van der Waals surface area contributed by atoms with Crippen LogP contribution in [-0.4, -0.2) is 43.8 Å². The molecule has 0 aliphatic heterocycles. The highest BCUT2D eigenvalue weighted by molar-refractivity contribution is 6.11. The van der Waals surface area contributed by atoms with Gasteiger partial charge in [-0.1, -0.05) is 30.3 Å². The first-order chi connectivity index (χ1) is 12.6. The maximum absolute atomic E-state index is 12.6. The lowest BCUT2D eigenvalue weighted by atomic mass is 10.1. The average Bonchev–Trinajstić information content (AvgIpc) is 2.64. The molecule has 0 unspecified atom stereocenters. The van der Waals surface area contributed by atoms with E-state index < -0.39 is 5.78 Å². The van der Waals surface area contributed by atoms with Gasteiger partial charge in [-0.3, -0.25) is 4.79 Å². The van der Waals surface area contributed by atoms with Crippen molar-refractivity contribution in [2.75, 3.05) is 27.8 Å². The highest BCUT2D eigenvalue weighted by Crippen LogP contribution is 2.34. The second kappa shape index (κ2) is 9.45. The summed E-state index contributed by atoms with van der Waals surface area (Å²) in [6, 6.07) is 11.3. The van der Waals surface area contributed by atoms with Crippen molar-refractivity contribution < 1.29 is 34.0 Å². The number of carbonyl (C=O) groups is 1. The maximum Gasteiger partial charge on any atom is 0.197 e. The molecule has 7 nitrogen and oxygen atoms in total. The van der Waals surface area contributed by atoms with E-state index in [0.717, 1.165) is 6.08 Å². The molecule has 2 rings (SSSR count). The van der Waals surface area contributed by atoms with Gasteiger partial charge in [-0.25, -0.2) is 0 Å². The third-order valence-electron chi connectivity index (χ3n) is 3.31. The molecule has 0 heterocycles. The Hall–Kier alpha value is -3.03. The van der Waals surface area contributed by atoms with Gasteiger partial charge in [0, 0.05) is 38.0 Å². The molecule has 138 valence electrons. The van der Waals surface area contributed by atoms with Gasteiger partial charge in [0.1, 0.15) is 28.6 Å². The molecule has 2 aromatic rings. The quantitative estimate of drug-likeness (QED) is 0.307. The number of hydrogen-bond acceptors (Lipinski definition) is 7. The Bertz CT molecular complexity index is 769. The first kappa shape index (κ1) is 19.3. The van der Waals surface area contributed by atoms with Crippen LogP contribution in [0, 0.1) is 0 Å². The van der Waals surface area contributed by atoms with Crippen LogP contribution < -0.4 is 9.47 Å². The molecule has 2 N–H and O–H groups in total. The molecule has 0 spiro atoms. The number of phenolic OH excluding ortho intramolecular Hbond substituents is 1. The molecule has 0 saturated carbocycles. The van der Waals surface area contributed by atoms with E-state index in [9.17, 15) is 15.0 Å². The van der Waals surface area contributed by atoms with Gasteiger partial charge in [-0.15, -0.1) is 0 Å². The summed E-state index contributed by atoms with van der Waals surface area (Å²) in [5, 5.41) is 20.4. The van der Waals surface area contributed by atoms with Crippen LogP contribution in [0.4, 0.5) is 0 Å². The summed E-state index contributed by atoms with van der Waals surface area (Å²) in [4.78, 5) is 12.6. The largest absolute Gasteiger partial charge is 0.507 e. The van der Waals surface area contributed by atoms with Crippen LogP contribution in [-0.2, 0) is 9.47 Å². The molecule has 0 bridgehead atoms. The second-order valence-corrected chi connectivity index (χ2v) is 5.18. The van der Waals surface area contributed by atoms with Crippen LogP contribution in [0.25, 0.3) is 5.76 Å². The SMILES string of the molecule is COCOc1cc(O)c(C(=O)/C=C(\O)c2ccccc2)c(OCOC)c1. The highest BCUT2D eigenvalue weighted by atomic mass is 16.7. The summed E-state index contributed by atoms with van der Waals surface area (Å²) in [5.41, 5.74) is 0.356. The van der Waals surface area contributed by atoms with Crippen molar-refractivity contribution in [2.24, 2.45) is 0 Å². The van der Waals surface area contributed by atoms with Crippen molar-refractivity contribution in [3.63, 3.8) is 0 Å².